The summed E-state index contributed by atoms with van der Waals surface area (Å²) in [6.45, 7) is 9.20. The minimum atomic E-state index is -0.0421. The van der Waals surface area contributed by atoms with E-state index in [1.54, 1.807) is 0 Å². The monoisotopic (exact) mass is 426 g/mol. The highest BCUT2D eigenvalue weighted by Crippen LogP contribution is 2.52. The SMILES string of the molecule is CC1=CCCC2(C)CC3OC(=O)C(CN4CCN(c5cccc(Cl)c5)CC4)C3C=C12. The molecule has 0 amide bonds. The number of rotatable bonds is 3. The number of allylic oxidation sites excluding steroid dienone is 3. The summed E-state index contributed by atoms with van der Waals surface area (Å²) < 4.78 is 5.92. The highest BCUT2D eigenvalue weighted by atomic mass is 35.5. The van der Waals surface area contributed by atoms with E-state index in [2.05, 4.69) is 41.9 Å². The molecule has 5 heteroatoms. The number of hydrogen-bond donors (Lipinski definition) is 0. The lowest BCUT2D eigenvalue weighted by Gasteiger charge is -2.43. The lowest BCUT2D eigenvalue weighted by Crippen LogP contribution is -2.49. The van der Waals surface area contributed by atoms with Crippen LogP contribution in [0.25, 0.3) is 0 Å². The molecule has 2 aliphatic heterocycles. The van der Waals surface area contributed by atoms with E-state index in [0.29, 0.717) is 0 Å². The molecular formula is C25H31ClN2O2. The molecule has 160 valence electrons. The lowest BCUT2D eigenvalue weighted by atomic mass is 9.62. The van der Waals surface area contributed by atoms with E-state index in [4.69, 9.17) is 16.3 Å². The average Bonchev–Trinajstić information content (AvgIpc) is 3.01. The zero-order valence-corrected chi connectivity index (χ0v) is 18.7. The maximum atomic E-state index is 12.8. The Labute approximate surface area is 184 Å². The van der Waals surface area contributed by atoms with E-state index in [0.717, 1.165) is 57.0 Å². The van der Waals surface area contributed by atoms with Crippen molar-refractivity contribution in [3.63, 3.8) is 0 Å². The third-order valence-corrected chi connectivity index (χ3v) is 7.93. The van der Waals surface area contributed by atoms with Gasteiger partial charge in [-0.2, -0.15) is 0 Å². The summed E-state index contributed by atoms with van der Waals surface area (Å²) in [5.41, 5.74) is 4.20. The predicted molar refractivity (Wildman–Crippen MR) is 121 cm³/mol. The Morgan fingerprint density at radius 2 is 2.03 bits per heavy atom. The molecule has 0 aromatic heterocycles. The fourth-order valence-corrected chi connectivity index (χ4v) is 6.16. The number of piperazine rings is 1. The fourth-order valence-electron chi connectivity index (χ4n) is 5.98. The van der Waals surface area contributed by atoms with E-state index in [-0.39, 0.29) is 29.3 Å². The molecule has 4 atom stereocenters. The maximum absolute atomic E-state index is 12.8. The molecule has 0 saturated carbocycles. The van der Waals surface area contributed by atoms with Gasteiger partial charge in [0.05, 0.1) is 5.92 Å². The summed E-state index contributed by atoms with van der Waals surface area (Å²) in [5.74, 6) is 0.176. The number of anilines is 1. The molecule has 4 unspecified atom stereocenters. The highest BCUT2D eigenvalue weighted by molar-refractivity contribution is 6.30. The van der Waals surface area contributed by atoms with E-state index in [1.165, 1.54) is 16.8 Å². The first-order valence-electron chi connectivity index (χ1n) is 11.3. The lowest BCUT2D eigenvalue weighted by molar-refractivity contribution is -0.145. The topological polar surface area (TPSA) is 32.8 Å². The molecule has 30 heavy (non-hydrogen) atoms. The summed E-state index contributed by atoms with van der Waals surface area (Å²) in [5, 5.41) is 0.777. The van der Waals surface area contributed by atoms with Crippen LogP contribution in [0, 0.1) is 17.3 Å². The van der Waals surface area contributed by atoms with Crippen LogP contribution >= 0.6 is 11.6 Å². The number of halogens is 1. The number of ether oxygens (including phenoxy) is 1. The molecular weight excluding hydrogens is 396 g/mol. The Morgan fingerprint density at radius 1 is 1.23 bits per heavy atom. The minimum absolute atomic E-state index is 0.00278. The first kappa shape index (κ1) is 20.1. The number of benzene rings is 1. The zero-order chi connectivity index (χ0) is 20.9. The van der Waals surface area contributed by atoms with Crippen molar-refractivity contribution in [1.82, 2.24) is 4.90 Å². The van der Waals surface area contributed by atoms with Crippen LogP contribution in [-0.4, -0.2) is 49.7 Å². The van der Waals surface area contributed by atoms with E-state index >= 15 is 0 Å². The highest BCUT2D eigenvalue weighted by Gasteiger charge is 2.51. The third kappa shape index (κ3) is 3.58. The van der Waals surface area contributed by atoms with Crippen molar-refractivity contribution < 1.29 is 9.53 Å². The molecule has 0 N–H and O–H groups in total. The Balaban J connectivity index is 1.27. The van der Waals surface area contributed by atoms with Gasteiger partial charge in [-0.25, -0.2) is 0 Å². The van der Waals surface area contributed by atoms with Gasteiger partial charge in [-0.15, -0.1) is 0 Å². The van der Waals surface area contributed by atoms with Gasteiger partial charge in [-0.3, -0.25) is 9.69 Å². The van der Waals surface area contributed by atoms with Gasteiger partial charge in [0.25, 0.3) is 0 Å². The van der Waals surface area contributed by atoms with Crippen LogP contribution in [0.5, 0.6) is 0 Å². The quantitative estimate of drug-likeness (QED) is 0.656. The van der Waals surface area contributed by atoms with Gasteiger partial charge in [0.15, 0.2) is 0 Å². The van der Waals surface area contributed by atoms with E-state index in [9.17, 15) is 4.79 Å². The third-order valence-electron chi connectivity index (χ3n) is 7.70. The molecule has 5 rings (SSSR count). The average molecular weight is 427 g/mol. The van der Waals surface area contributed by atoms with Gasteiger partial charge in [-0.1, -0.05) is 42.3 Å². The van der Waals surface area contributed by atoms with Crippen LogP contribution in [0.3, 0.4) is 0 Å². The molecule has 0 radical (unpaired) electrons. The van der Waals surface area contributed by atoms with Crippen molar-refractivity contribution in [3.8, 4) is 0 Å². The van der Waals surface area contributed by atoms with E-state index < -0.39 is 0 Å². The van der Waals surface area contributed by atoms with E-state index in [1.807, 2.05) is 18.2 Å². The Hall–Kier alpha value is -1.78. The molecule has 2 heterocycles. The number of fused-ring (bicyclic) bond motifs is 2. The summed E-state index contributed by atoms with van der Waals surface area (Å²) in [4.78, 5) is 17.6. The largest absolute Gasteiger partial charge is 0.461 e. The number of carbonyl (C=O) groups excluding carboxylic acids is 1. The van der Waals surface area contributed by atoms with Gasteiger partial charge in [0.2, 0.25) is 0 Å². The Kier molecular flexibility index (Phi) is 5.19. The van der Waals surface area contributed by atoms with Crippen molar-refractivity contribution in [3.05, 3.63) is 52.6 Å². The molecule has 0 spiro atoms. The number of hydrogen-bond acceptors (Lipinski definition) is 4. The van der Waals surface area contributed by atoms with Crippen LogP contribution in [0.1, 0.15) is 33.1 Å². The molecule has 1 aromatic rings. The van der Waals surface area contributed by atoms with Crippen LogP contribution in [-0.2, 0) is 9.53 Å². The smallest absolute Gasteiger partial charge is 0.311 e. The molecule has 4 aliphatic rings. The predicted octanol–water partition coefficient (Wildman–Crippen LogP) is 4.70. The molecule has 4 nitrogen and oxygen atoms in total. The first-order valence-corrected chi connectivity index (χ1v) is 11.6. The maximum Gasteiger partial charge on any atom is 0.311 e. The standard InChI is InChI=1S/C25H31ClN2O2/c1-17-5-4-8-25(2)15-23-20(14-22(17)25)21(24(29)30-23)16-27-9-11-28(12-10-27)19-7-3-6-18(26)13-19/h3,5-7,13-14,20-21,23H,4,8-12,15-16H2,1-2H3. The Morgan fingerprint density at radius 3 is 2.80 bits per heavy atom. The molecule has 1 aromatic carbocycles. The van der Waals surface area contributed by atoms with Crippen LogP contribution < -0.4 is 4.90 Å². The van der Waals surface area contributed by atoms with Crippen molar-refractivity contribution >= 4 is 23.3 Å². The zero-order valence-electron chi connectivity index (χ0n) is 17.9. The minimum Gasteiger partial charge on any atom is -0.461 e. The van der Waals surface area contributed by atoms with Crippen molar-refractivity contribution in [2.24, 2.45) is 17.3 Å². The van der Waals surface area contributed by atoms with Gasteiger partial charge in [0.1, 0.15) is 6.10 Å². The van der Waals surface area contributed by atoms with Gasteiger partial charge >= 0.3 is 5.97 Å². The number of nitrogens with zero attached hydrogens (tertiary/aromatic N) is 2. The van der Waals surface area contributed by atoms with Gasteiger partial charge < -0.3 is 9.64 Å². The Bertz CT molecular complexity index is 902. The van der Waals surface area contributed by atoms with Gasteiger partial charge in [0, 0.05) is 49.4 Å². The van der Waals surface area contributed by atoms with Crippen LogP contribution in [0.2, 0.25) is 5.02 Å². The molecule has 2 saturated heterocycles. The van der Waals surface area contributed by atoms with Crippen molar-refractivity contribution in [2.45, 2.75) is 39.2 Å². The summed E-state index contributed by atoms with van der Waals surface area (Å²) >= 11 is 6.16. The molecule has 2 fully saturated rings. The number of esters is 1. The number of carbonyl (C=O) groups is 1. The summed E-state index contributed by atoms with van der Waals surface area (Å²) in [6, 6.07) is 8.06. The second-order valence-electron chi connectivity index (χ2n) is 9.70. The summed E-state index contributed by atoms with van der Waals surface area (Å²) in [6.07, 6.45) is 8.07. The summed E-state index contributed by atoms with van der Waals surface area (Å²) in [7, 11) is 0. The van der Waals surface area contributed by atoms with Crippen LogP contribution in [0.4, 0.5) is 5.69 Å². The molecule has 2 aliphatic carbocycles. The first-order chi connectivity index (χ1) is 14.4. The van der Waals surface area contributed by atoms with Crippen molar-refractivity contribution in [1.29, 1.82) is 0 Å². The van der Waals surface area contributed by atoms with Crippen molar-refractivity contribution in [2.75, 3.05) is 37.6 Å². The fraction of sp³-hybridized carbons (Fsp3) is 0.560. The van der Waals surface area contributed by atoms with Crippen LogP contribution in [0.15, 0.2) is 47.6 Å². The second-order valence-corrected chi connectivity index (χ2v) is 10.1. The normalized spacial score (nSPS) is 34.0. The molecule has 0 bridgehead atoms. The second kappa shape index (κ2) is 7.72. The van der Waals surface area contributed by atoms with Gasteiger partial charge in [-0.05, 0) is 55.4 Å².